The third-order valence-corrected chi connectivity index (χ3v) is 7.22. The highest BCUT2D eigenvalue weighted by molar-refractivity contribution is 7.45. The van der Waals surface area contributed by atoms with E-state index in [0.717, 1.165) is 12.8 Å². The molecule has 8 heteroatoms. The Labute approximate surface area is 220 Å². The van der Waals surface area contributed by atoms with Crippen LogP contribution in [-0.4, -0.2) is 37.6 Å². The summed E-state index contributed by atoms with van der Waals surface area (Å²) >= 11 is 0. The molecule has 0 radical (unpaired) electrons. The zero-order valence-corrected chi connectivity index (χ0v) is 23.6. The Hall–Kier alpha value is -0.820. The number of unbranched alkanes of at least 4 members (excludes halogenated alkanes) is 15. The molecular weight excluding hydrogens is 477 g/mol. The van der Waals surface area contributed by atoms with E-state index in [1.165, 1.54) is 89.9 Å². The molecule has 0 saturated carbocycles. The number of rotatable bonds is 26. The Morgan fingerprint density at radius 3 is 1.75 bits per heavy atom. The highest BCUT2D eigenvalue weighted by Gasteiger charge is 2.14. The fourth-order valence-corrected chi connectivity index (χ4v) is 4.81. The summed E-state index contributed by atoms with van der Waals surface area (Å²) in [5.41, 5.74) is 0. The van der Waals surface area contributed by atoms with E-state index < -0.39 is 13.9 Å². The lowest BCUT2D eigenvalue weighted by atomic mass is 10.0. The van der Waals surface area contributed by atoms with Crippen molar-refractivity contribution in [3.8, 4) is 0 Å². The molecule has 36 heavy (non-hydrogen) atoms. The maximum Gasteiger partial charge on any atom is 0.268 e. The topological polar surface area (TPSA) is 91.9 Å². The summed E-state index contributed by atoms with van der Waals surface area (Å²) < 4.78 is 28.6. The Morgan fingerprint density at radius 1 is 0.722 bits per heavy atom. The number of pyridine rings is 1. The second kappa shape index (κ2) is 23.3. The van der Waals surface area contributed by atoms with Crippen LogP contribution in [0, 0.1) is 0 Å². The number of phosphoric ester groups is 1. The van der Waals surface area contributed by atoms with Crippen LogP contribution in [0.2, 0.25) is 0 Å². The standard InChI is InChI=1S/C28H52NO6P/c1-2-3-4-5-6-7-8-9-10-11-12-13-14-15-16-20-24-33-26-28(30)27-35-36(31,32)34-25-23-29-21-18-17-19-22-29/h17-19,21-22,28,30H,2-16,20,23-27H2,1H3/t28-/m1/s1. The highest BCUT2D eigenvalue weighted by Crippen LogP contribution is 2.37. The zero-order valence-electron chi connectivity index (χ0n) is 22.7. The van der Waals surface area contributed by atoms with Gasteiger partial charge in [0.15, 0.2) is 18.9 Å². The van der Waals surface area contributed by atoms with Gasteiger partial charge in [0.1, 0.15) is 12.7 Å². The van der Waals surface area contributed by atoms with Gasteiger partial charge in [-0.2, -0.15) is 0 Å². The van der Waals surface area contributed by atoms with Gasteiger partial charge in [0.05, 0.1) is 13.2 Å². The van der Waals surface area contributed by atoms with Crippen LogP contribution < -0.4 is 9.46 Å². The molecular formula is C28H52NO6P. The fraction of sp³-hybridized carbons (Fsp3) is 0.821. The molecule has 2 atom stereocenters. The molecule has 7 nitrogen and oxygen atoms in total. The van der Waals surface area contributed by atoms with Crippen LogP contribution in [0.25, 0.3) is 0 Å². The van der Waals surface area contributed by atoms with Crippen LogP contribution in [0.5, 0.6) is 0 Å². The van der Waals surface area contributed by atoms with E-state index in [-0.39, 0.29) is 19.8 Å². The van der Waals surface area contributed by atoms with Crippen molar-refractivity contribution in [3.05, 3.63) is 30.6 Å². The number of hydrogen-bond acceptors (Lipinski definition) is 6. The van der Waals surface area contributed by atoms with E-state index >= 15 is 0 Å². The summed E-state index contributed by atoms with van der Waals surface area (Å²) in [6.07, 6.45) is 23.8. The van der Waals surface area contributed by atoms with Crippen molar-refractivity contribution < 1.29 is 32.9 Å². The van der Waals surface area contributed by atoms with Crippen LogP contribution in [0.15, 0.2) is 30.6 Å². The Morgan fingerprint density at radius 2 is 1.22 bits per heavy atom. The van der Waals surface area contributed by atoms with Gasteiger partial charge in [0.2, 0.25) is 0 Å². The number of nitrogens with zero attached hydrogens (tertiary/aromatic N) is 1. The summed E-state index contributed by atoms with van der Waals surface area (Å²) in [6.45, 7) is 2.89. The van der Waals surface area contributed by atoms with Gasteiger partial charge in [-0.1, -0.05) is 109 Å². The van der Waals surface area contributed by atoms with Gasteiger partial charge in [-0.25, -0.2) is 4.57 Å². The van der Waals surface area contributed by atoms with Crippen LogP contribution in [-0.2, 0) is 24.9 Å². The molecule has 0 saturated heterocycles. The van der Waals surface area contributed by atoms with Crippen molar-refractivity contribution in [2.75, 3.05) is 26.4 Å². The molecule has 0 aliphatic heterocycles. The number of aliphatic hydroxyl groups excluding tert-OH is 1. The van der Waals surface area contributed by atoms with Gasteiger partial charge in [0, 0.05) is 18.7 Å². The summed E-state index contributed by atoms with van der Waals surface area (Å²) in [5.74, 6) is 0. The quantitative estimate of drug-likeness (QED) is 0.0884. The van der Waals surface area contributed by atoms with Crippen molar-refractivity contribution in [2.24, 2.45) is 0 Å². The summed E-state index contributed by atoms with van der Waals surface area (Å²) in [5, 5.41) is 9.88. The Bertz CT molecular complexity index is 648. The molecule has 1 aromatic heterocycles. The number of ether oxygens (including phenoxy) is 1. The number of phosphoric acid groups is 1. The van der Waals surface area contributed by atoms with Crippen LogP contribution in [0.3, 0.4) is 0 Å². The van der Waals surface area contributed by atoms with Crippen LogP contribution in [0.1, 0.15) is 110 Å². The van der Waals surface area contributed by atoms with Gasteiger partial charge < -0.3 is 23.8 Å². The highest BCUT2D eigenvalue weighted by atomic mass is 31.2. The lowest BCUT2D eigenvalue weighted by molar-refractivity contribution is -0.697. The lowest BCUT2D eigenvalue weighted by Gasteiger charge is -2.23. The van der Waals surface area contributed by atoms with Gasteiger partial charge in [-0.05, 0) is 6.42 Å². The second-order valence-corrected chi connectivity index (χ2v) is 11.1. The molecule has 0 spiro atoms. The number of aliphatic hydroxyl groups is 1. The minimum absolute atomic E-state index is 0.0265. The molecule has 0 fully saturated rings. The average Bonchev–Trinajstić information content (AvgIpc) is 2.87. The predicted octanol–water partition coefficient (Wildman–Crippen LogP) is 6.11. The maximum atomic E-state index is 11.8. The molecule has 0 bridgehead atoms. The van der Waals surface area contributed by atoms with Crippen molar-refractivity contribution in [1.29, 1.82) is 0 Å². The van der Waals surface area contributed by atoms with Crippen LogP contribution >= 0.6 is 7.82 Å². The summed E-state index contributed by atoms with van der Waals surface area (Å²) in [6, 6.07) is 5.58. The monoisotopic (exact) mass is 529 g/mol. The van der Waals surface area contributed by atoms with Crippen molar-refractivity contribution in [1.82, 2.24) is 0 Å². The fourth-order valence-electron chi connectivity index (χ4n) is 4.08. The third-order valence-electron chi connectivity index (χ3n) is 6.25. The maximum absolute atomic E-state index is 11.8. The molecule has 0 amide bonds. The average molecular weight is 530 g/mol. The second-order valence-electron chi connectivity index (χ2n) is 9.72. The smallest absolute Gasteiger partial charge is 0.268 e. The Balaban J connectivity index is 1.83. The molecule has 210 valence electrons. The molecule has 0 aliphatic rings. The first-order valence-corrected chi connectivity index (χ1v) is 15.8. The number of hydrogen-bond donors (Lipinski definition) is 1. The first kappa shape index (κ1) is 33.2. The first-order chi connectivity index (χ1) is 17.5. The van der Waals surface area contributed by atoms with Gasteiger partial charge >= 0.3 is 0 Å². The minimum atomic E-state index is -4.44. The van der Waals surface area contributed by atoms with E-state index in [1.54, 1.807) is 4.57 Å². The molecule has 1 rings (SSSR count). The van der Waals surface area contributed by atoms with E-state index in [1.807, 2.05) is 30.6 Å². The Kier molecular flexibility index (Phi) is 21.5. The predicted molar refractivity (Wildman–Crippen MR) is 143 cm³/mol. The van der Waals surface area contributed by atoms with E-state index in [2.05, 4.69) is 6.92 Å². The van der Waals surface area contributed by atoms with Gasteiger partial charge in [0.25, 0.3) is 7.82 Å². The van der Waals surface area contributed by atoms with E-state index in [0.29, 0.717) is 13.2 Å². The summed E-state index contributed by atoms with van der Waals surface area (Å²) in [4.78, 5) is 11.8. The lowest BCUT2D eigenvalue weighted by Crippen LogP contribution is -2.35. The van der Waals surface area contributed by atoms with Crippen molar-refractivity contribution in [2.45, 2.75) is 122 Å². The van der Waals surface area contributed by atoms with Crippen LogP contribution in [0.4, 0.5) is 0 Å². The van der Waals surface area contributed by atoms with E-state index in [9.17, 15) is 14.6 Å². The third kappa shape index (κ3) is 21.3. The normalized spacial score (nSPS) is 14.1. The minimum Gasteiger partial charge on any atom is -0.756 e. The van der Waals surface area contributed by atoms with Gasteiger partial charge in [-0.3, -0.25) is 4.57 Å². The largest absolute Gasteiger partial charge is 0.756 e. The molecule has 1 N–H and O–H groups in total. The zero-order chi connectivity index (χ0) is 26.2. The molecule has 0 aliphatic carbocycles. The van der Waals surface area contributed by atoms with Gasteiger partial charge in [-0.15, -0.1) is 0 Å². The van der Waals surface area contributed by atoms with E-state index in [4.69, 9.17) is 13.8 Å². The summed E-state index contributed by atoms with van der Waals surface area (Å²) in [7, 11) is -4.44. The molecule has 1 aromatic rings. The number of aromatic nitrogens is 1. The molecule has 0 aromatic carbocycles. The SMILES string of the molecule is CCCCCCCCCCCCCCCCCCOC[C@@H](O)COP(=O)([O-])OCC[n+]1ccccc1. The molecule has 1 heterocycles. The first-order valence-electron chi connectivity index (χ1n) is 14.3. The molecule has 1 unspecified atom stereocenters. The van der Waals surface area contributed by atoms with Crippen molar-refractivity contribution in [3.63, 3.8) is 0 Å². The van der Waals surface area contributed by atoms with Crippen molar-refractivity contribution >= 4 is 7.82 Å².